The summed E-state index contributed by atoms with van der Waals surface area (Å²) in [6.45, 7) is 3.80. The quantitative estimate of drug-likeness (QED) is 0.861. The lowest BCUT2D eigenvalue weighted by atomic mass is 10.3. The first-order valence-corrected chi connectivity index (χ1v) is 7.21. The smallest absolute Gasteiger partial charge is 0.235 e. The molecule has 1 atom stereocenters. The van der Waals surface area contributed by atoms with Crippen LogP contribution in [0.2, 0.25) is 5.02 Å². The molecule has 0 saturated carbocycles. The van der Waals surface area contributed by atoms with E-state index in [1.807, 2.05) is 13.8 Å². The van der Waals surface area contributed by atoms with Gasteiger partial charge in [-0.3, -0.25) is 9.00 Å². The molecule has 1 unspecified atom stereocenters. The van der Waals surface area contributed by atoms with Crippen molar-refractivity contribution in [1.29, 1.82) is 0 Å². The Morgan fingerprint density at radius 3 is 2.61 bits per heavy atom. The van der Waals surface area contributed by atoms with Crippen LogP contribution in [0.5, 0.6) is 0 Å². The molecular weight excluding hydrogens is 272 g/mol. The molecule has 1 aromatic rings. The van der Waals surface area contributed by atoms with E-state index < -0.39 is 10.8 Å². The topological polar surface area (TPSA) is 63.4 Å². The number of nitrogens with two attached hydrogens (primary N) is 1. The summed E-state index contributed by atoms with van der Waals surface area (Å²) in [6, 6.07) is 4.83. The zero-order valence-corrected chi connectivity index (χ0v) is 12.2. The summed E-state index contributed by atoms with van der Waals surface area (Å²) in [6.07, 6.45) is 0. The van der Waals surface area contributed by atoms with Gasteiger partial charge in [0.05, 0.1) is 20.7 Å². The predicted molar refractivity (Wildman–Crippen MR) is 75.0 cm³/mol. The fourth-order valence-corrected chi connectivity index (χ4v) is 2.81. The van der Waals surface area contributed by atoms with Gasteiger partial charge >= 0.3 is 0 Å². The zero-order chi connectivity index (χ0) is 13.9. The Morgan fingerprint density at radius 2 is 2.11 bits per heavy atom. The highest BCUT2D eigenvalue weighted by Gasteiger charge is 2.17. The highest BCUT2D eigenvalue weighted by molar-refractivity contribution is 7.85. The Labute approximate surface area is 115 Å². The average molecular weight is 289 g/mol. The van der Waals surface area contributed by atoms with Crippen molar-refractivity contribution in [3.63, 3.8) is 0 Å². The summed E-state index contributed by atoms with van der Waals surface area (Å²) in [5.74, 6) is -0.241. The first kappa shape index (κ1) is 15.0. The molecule has 0 aliphatic heterocycles. The van der Waals surface area contributed by atoms with Crippen molar-refractivity contribution in [2.45, 2.75) is 24.8 Å². The second kappa shape index (κ2) is 6.20. The number of carbonyl (C=O) groups is 1. The summed E-state index contributed by atoms with van der Waals surface area (Å²) in [5, 5.41) is 0.327. The number of hydrogen-bond acceptors (Lipinski definition) is 3. The van der Waals surface area contributed by atoms with Gasteiger partial charge in [0.1, 0.15) is 5.75 Å². The molecule has 0 aromatic heterocycles. The molecule has 0 bridgehead atoms. The standard InChI is InChI=1S/C12H17ClN2O2S/c1-8(2)15(3)12(16)7-18(17)11-5-4-9(14)6-10(11)13/h4-6,8H,7,14H2,1-3H3. The van der Waals surface area contributed by atoms with Crippen molar-refractivity contribution in [1.82, 2.24) is 4.90 Å². The molecule has 1 amide bonds. The predicted octanol–water partition coefficient (Wildman–Crippen LogP) is 1.90. The minimum Gasteiger partial charge on any atom is -0.399 e. The summed E-state index contributed by atoms with van der Waals surface area (Å²) >= 11 is 5.95. The number of carbonyl (C=O) groups excluding carboxylic acids is 1. The minimum absolute atomic E-state index is 0.0711. The van der Waals surface area contributed by atoms with Gasteiger partial charge in [-0.1, -0.05) is 11.6 Å². The van der Waals surface area contributed by atoms with Crippen LogP contribution in [0, 0.1) is 0 Å². The SMILES string of the molecule is CC(C)N(C)C(=O)CS(=O)c1ccc(N)cc1Cl. The largest absolute Gasteiger partial charge is 0.399 e. The van der Waals surface area contributed by atoms with E-state index in [1.165, 1.54) is 6.07 Å². The number of nitrogen functional groups attached to an aromatic ring is 1. The number of hydrogen-bond donors (Lipinski definition) is 1. The molecule has 1 rings (SSSR count). The van der Waals surface area contributed by atoms with Crippen molar-refractivity contribution in [2.24, 2.45) is 0 Å². The van der Waals surface area contributed by atoms with Crippen molar-refractivity contribution in [3.05, 3.63) is 23.2 Å². The normalized spacial score (nSPS) is 12.5. The van der Waals surface area contributed by atoms with E-state index in [0.717, 1.165) is 0 Å². The number of anilines is 1. The van der Waals surface area contributed by atoms with Crippen LogP contribution in [-0.2, 0) is 15.6 Å². The summed E-state index contributed by atoms with van der Waals surface area (Å²) in [7, 11) is 0.240. The highest BCUT2D eigenvalue weighted by Crippen LogP contribution is 2.22. The molecule has 4 nitrogen and oxygen atoms in total. The fourth-order valence-electron chi connectivity index (χ4n) is 1.28. The Bertz CT molecular complexity index is 477. The van der Waals surface area contributed by atoms with Crippen LogP contribution in [-0.4, -0.2) is 33.9 Å². The Morgan fingerprint density at radius 1 is 1.50 bits per heavy atom. The third-order valence-corrected chi connectivity index (χ3v) is 4.40. The molecule has 2 N–H and O–H groups in total. The van der Waals surface area contributed by atoms with Gasteiger partial charge in [0.2, 0.25) is 5.91 Å². The van der Waals surface area contributed by atoms with E-state index in [1.54, 1.807) is 24.1 Å². The summed E-state index contributed by atoms with van der Waals surface area (Å²) in [4.78, 5) is 13.8. The van der Waals surface area contributed by atoms with Crippen molar-refractivity contribution in [3.8, 4) is 0 Å². The van der Waals surface area contributed by atoms with Gasteiger partial charge < -0.3 is 10.6 Å². The molecule has 1 aromatic carbocycles. The van der Waals surface area contributed by atoms with Crippen LogP contribution in [0.15, 0.2) is 23.1 Å². The Balaban J connectivity index is 2.80. The zero-order valence-electron chi connectivity index (χ0n) is 10.6. The molecule has 0 aliphatic rings. The molecule has 0 radical (unpaired) electrons. The molecule has 6 heteroatoms. The molecule has 0 aliphatic carbocycles. The second-order valence-electron chi connectivity index (χ2n) is 4.28. The van der Waals surface area contributed by atoms with Crippen LogP contribution < -0.4 is 5.73 Å². The van der Waals surface area contributed by atoms with Gasteiger partial charge in [0.15, 0.2) is 0 Å². The second-order valence-corrected chi connectivity index (χ2v) is 6.10. The maximum Gasteiger partial charge on any atom is 0.235 e. The van der Waals surface area contributed by atoms with E-state index in [2.05, 4.69) is 0 Å². The first-order valence-electron chi connectivity index (χ1n) is 5.52. The van der Waals surface area contributed by atoms with Gasteiger partial charge in [-0.2, -0.15) is 0 Å². The van der Waals surface area contributed by atoms with E-state index >= 15 is 0 Å². The number of nitrogens with zero attached hydrogens (tertiary/aromatic N) is 1. The van der Waals surface area contributed by atoms with Crippen LogP contribution in [0.4, 0.5) is 5.69 Å². The number of rotatable bonds is 4. The third kappa shape index (κ3) is 3.71. The fraction of sp³-hybridized carbons (Fsp3) is 0.417. The van der Waals surface area contributed by atoms with Crippen molar-refractivity contribution < 1.29 is 9.00 Å². The molecule has 0 fully saturated rings. The highest BCUT2D eigenvalue weighted by atomic mass is 35.5. The van der Waals surface area contributed by atoms with Gasteiger partial charge in [-0.15, -0.1) is 0 Å². The lowest BCUT2D eigenvalue weighted by Crippen LogP contribution is -2.36. The minimum atomic E-state index is -1.45. The van der Waals surface area contributed by atoms with Crippen LogP contribution in [0.25, 0.3) is 0 Å². The monoisotopic (exact) mass is 288 g/mol. The first-order chi connectivity index (χ1) is 8.32. The number of amides is 1. The van der Waals surface area contributed by atoms with Gasteiger partial charge in [0, 0.05) is 18.8 Å². The Kier molecular flexibility index (Phi) is 5.16. The lowest BCUT2D eigenvalue weighted by Gasteiger charge is -2.21. The van der Waals surface area contributed by atoms with Crippen molar-refractivity contribution >= 4 is 34.0 Å². The van der Waals surface area contributed by atoms with Gasteiger partial charge in [-0.05, 0) is 32.0 Å². The van der Waals surface area contributed by atoms with Crippen LogP contribution in [0.1, 0.15) is 13.8 Å². The molecular formula is C12H17ClN2O2S. The van der Waals surface area contributed by atoms with E-state index in [0.29, 0.717) is 15.6 Å². The van der Waals surface area contributed by atoms with Gasteiger partial charge in [-0.25, -0.2) is 0 Å². The number of halogens is 1. The Hall–Kier alpha value is -1.07. The van der Waals surface area contributed by atoms with Crippen molar-refractivity contribution in [2.75, 3.05) is 18.5 Å². The van der Waals surface area contributed by atoms with E-state index in [-0.39, 0.29) is 17.7 Å². The lowest BCUT2D eigenvalue weighted by molar-refractivity contribution is -0.128. The number of benzene rings is 1. The van der Waals surface area contributed by atoms with Gasteiger partial charge in [0.25, 0.3) is 0 Å². The van der Waals surface area contributed by atoms with E-state index in [4.69, 9.17) is 17.3 Å². The summed E-state index contributed by atoms with van der Waals surface area (Å²) in [5.41, 5.74) is 6.06. The summed E-state index contributed by atoms with van der Waals surface area (Å²) < 4.78 is 12.1. The molecule has 100 valence electrons. The molecule has 18 heavy (non-hydrogen) atoms. The van der Waals surface area contributed by atoms with E-state index in [9.17, 15) is 9.00 Å². The van der Waals surface area contributed by atoms with Crippen LogP contribution >= 0.6 is 11.6 Å². The molecule has 0 spiro atoms. The maximum atomic E-state index is 12.1. The average Bonchev–Trinajstić information content (AvgIpc) is 2.27. The molecule has 0 heterocycles. The molecule has 0 saturated heterocycles. The third-order valence-electron chi connectivity index (χ3n) is 2.62. The maximum absolute atomic E-state index is 12.1. The van der Waals surface area contributed by atoms with Crippen LogP contribution in [0.3, 0.4) is 0 Å².